The van der Waals surface area contributed by atoms with E-state index in [-0.39, 0.29) is 0 Å². The highest BCUT2D eigenvalue weighted by Gasteiger charge is 2.17. The highest BCUT2D eigenvalue weighted by molar-refractivity contribution is 5.87. The van der Waals surface area contributed by atoms with E-state index in [1.165, 1.54) is 6.42 Å². The van der Waals surface area contributed by atoms with Gasteiger partial charge in [0.2, 0.25) is 0 Å². The Labute approximate surface area is 158 Å². The van der Waals surface area contributed by atoms with Gasteiger partial charge in [0.25, 0.3) is 0 Å². The Morgan fingerprint density at radius 2 is 1.85 bits per heavy atom. The first-order chi connectivity index (χ1) is 13.3. The van der Waals surface area contributed by atoms with Crippen LogP contribution in [0.1, 0.15) is 36.5 Å². The lowest BCUT2D eigenvalue weighted by atomic mass is 10.1. The summed E-state index contributed by atoms with van der Waals surface area (Å²) in [6, 6.07) is 19.6. The average Bonchev–Trinajstić information content (AvgIpc) is 2.95. The molecule has 0 fully saturated rings. The van der Waals surface area contributed by atoms with Crippen molar-refractivity contribution < 1.29 is 4.74 Å². The summed E-state index contributed by atoms with van der Waals surface area (Å²) >= 11 is 0. The minimum Gasteiger partial charge on any atom is -0.457 e. The Hall–Kier alpha value is -3.39. The molecule has 27 heavy (non-hydrogen) atoms. The number of fused-ring (bicyclic) bond motifs is 1. The number of aromatic nitrogens is 3. The van der Waals surface area contributed by atoms with Crippen LogP contribution >= 0.6 is 0 Å². The number of nitriles is 1. The first-order valence-corrected chi connectivity index (χ1v) is 9.21. The molecular weight excluding hydrogens is 336 g/mol. The molecule has 1 aliphatic heterocycles. The van der Waals surface area contributed by atoms with Crippen LogP contribution in [-0.2, 0) is 13.0 Å². The number of nitrogens with zero attached hydrogens (tertiary/aromatic N) is 4. The van der Waals surface area contributed by atoms with Crippen molar-refractivity contribution in [1.29, 1.82) is 5.26 Å². The maximum atomic E-state index is 9.70. The van der Waals surface area contributed by atoms with Crippen LogP contribution in [0.25, 0.3) is 11.6 Å². The topological polar surface area (TPSA) is 63.7 Å². The van der Waals surface area contributed by atoms with E-state index in [1.807, 2.05) is 60.7 Å². The normalized spacial score (nSPS) is 14.1. The Morgan fingerprint density at radius 1 is 1.00 bits per heavy atom. The van der Waals surface area contributed by atoms with Crippen molar-refractivity contribution in [2.45, 2.75) is 32.2 Å². The van der Waals surface area contributed by atoms with Crippen LogP contribution < -0.4 is 4.74 Å². The first-order valence-electron chi connectivity index (χ1n) is 9.21. The Kier molecular flexibility index (Phi) is 4.97. The second-order valence-electron chi connectivity index (χ2n) is 6.56. The molecule has 0 radical (unpaired) electrons. The number of para-hydroxylation sites is 1. The lowest BCUT2D eigenvalue weighted by molar-refractivity contribution is 0.482. The summed E-state index contributed by atoms with van der Waals surface area (Å²) in [7, 11) is 0. The van der Waals surface area contributed by atoms with Crippen molar-refractivity contribution in [2.24, 2.45) is 0 Å². The fourth-order valence-electron chi connectivity index (χ4n) is 3.29. The predicted octanol–water partition coefficient (Wildman–Crippen LogP) is 4.86. The van der Waals surface area contributed by atoms with Crippen molar-refractivity contribution in [3.8, 4) is 17.6 Å². The number of rotatable bonds is 4. The lowest BCUT2D eigenvalue weighted by Gasteiger charge is -2.07. The fraction of sp³-hybridized carbons (Fsp3) is 0.227. The molecule has 5 heteroatoms. The van der Waals surface area contributed by atoms with Crippen LogP contribution in [0.2, 0.25) is 0 Å². The van der Waals surface area contributed by atoms with Gasteiger partial charge < -0.3 is 9.30 Å². The van der Waals surface area contributed by atoms with Crippen molar-refractivity contribution in [3.05, 3.63) is 71.8 Å². The van der Waals surface area contributed by atoms with E-state index in [0.29, 0.717) is 11.4 Å². The monoisotopic (exact) mass is 356 g/mol. The van der Waals surface area contributed by atoms with Gasteiger partial charge in [0.15, 0.2) is 5.82 Å². The molecular formula is C22H20N4O. The molecule has 0 saturated carbocycles. The number of benzene rings is 2. The van der Waals surface area contributed by atoms with E-state index in [9.17, 15) is 5.26 Å². The minimum atomic E-state index is 0.521. The van der Waals surface area contributed by atoms with E-state index < -0.39 is 0 Å². The van der Waals surface area contributed by atoms with Gasteiger partial charge in [-0.1, -0.05) is 36.8 Å². The van der Waals surface area contributed by atoms with Crippen LogP contribution in [0, 0.1) is 11.3 Å². The molecule has 0 amide bonds. The lowest BCUT2D eigenvalue weighted by Crippen LogP contribution is -2.05. The standard InChI is InChI=1S/C22H20N4O/c23-16-18(22-25-24-21-12-5-2-6-13-26(21)22)14-17-8-7-11-20(15-17)27-19-9-3-1-4-10-19/h1,3-4,7-11,14-15H,2,5-6,12-13H2. The molecule has 0 saturated heterocycles. The zero-order chi connectivity index (χ0) is 18.5. The summed E-state index contributed by atoms with van der Waals surface area (Å²) in [5.41, 5.74) is 1.42. The second kappa shape index (κ2) is 7.88. The van der Waals surface area contributed by atoms with Crippen LogP contribution in [0.5, 0.6) is 11.5 Å². The molecule has 5 nitrogen and oxygen atoms in total. The Morgan fingerprint density at radius 3 is 2.70 bits per heavy atom. The van der Waals surface area contributed by atoms with Gasteiger partial charge in [-0.3, -0.25) is 0 Å². The maximum Gasteiger partial charge on any atom is 0.174 e. The molecule has 0 bridgehead atoms. The van der Waals surface area contributed by atoms with Gasteiger partial charge in [0, 0.05) is 13.0 Å². The molecule has 1 aliphatic rings. The maximum absolute atomic E-state index is 9.70. The molecule has 2 aromatic carbocycles. The average molecular weight is 356 g/mol. The van der Waals surface area contributed by atoms with Crippen LogP contribution in [0.4, 0.5) is 0 Å². The molecule has 0 spiro atoms. The molecule has 3 aromatic rings. The zero-order valence-corrected chi connectivity index (χ0v) is 15.0. The third-order valence-electron chi connectivity index (χ3n) is 4.62. The summed E-state index contributed by atoms with van der Waals surface area (Å²) in [6.45, 7) is 0.869. The first kappa shape index (κ1) is 17.0. The smallest absolute Gasteiger partial charge is 0.174 e. The van der Waals surface area contributed by atoms with Gasteiger partial charge in [0.1, 0.15) is 23.4 Å². The molecule has 0 atom stereocenters. The number of aryl methyl sites for hydroxylation is 1. The molecule has 134 valence electrons. The molecule has 4 rings (SSSR count). The second-order valence-corrected chi connectivity index (χ2v) is 6.56. The molecule has 0 unspecified atom stereocenters. The zero-order valence-electron chi connectivity index (χ0n) is 15.0. The van der Waals surface area contributed by atoms with E-state index >= 15 is 0 Å². The van der Waals surface area contributed by atoms with Gasteiger partial charge in [-0.2, -0.15) is 5.26 Å². The number of ether oxygens (including phenoxy) is 1. The Balaban J connectivity index is 1.63. The molecule has 1 aromatic heterocycles. The van der Waals surface area contributed by atoms with Crippen molar-refractivity contribution in [2.75, 3.05) is 0 Å². The third kappa shape index (κ3) is 3.90. The van der Waals surface area contributed by atoms with Gasteiger partial charge >= 0.3 is 0 Å². The summed E-state index contributed by atoms with van der Waals surface area (Å²) in [5, 5.41) is 18.3. The summed E-state index contributed by atoms with van der Waals surface area (Å²) in [6.07, 6.45) is 6.18. The van der Waals surface area contributed by atoms with Crippen molar-refractivity contribution in [3.63, 3.8) is 0 Å². The largest absolute Gasteiger partial charge is 0.457 e. The quantitative estimate of drug-likeness (QED) is 0.626. The van der Waals surface area contributed by atoms with Gasteiger partial charge in [0.05, 0.1) is 5.57 Å². The van der Waals surface area contributed by atoms with Crippen LogP contribution in [0.15, 0.2) is 54.6 Å². The minimum absolute atomic E-state index is 0.521. The predicted molar refractivity (Wildman–Crippen MR) is 104 cm³/mol. The molecule has 0 N–H and O–H groups in total. The SMILES string of the molecule is N#CC(=Cc1cccc(Oc2ccccc2)c1)c1nnc2n1CCCCC2. The highest BCUT2D eigenvalue weighted by Crippen LogP contribution is 2.25. The third-order valence-corrected chi connectivity index (χ3v) is 4.62. The number of hydrogen-bond donors (Lipinski definition) is 0. The summed E-state index contributed by atoms with van der Waals surface area (Å²) in [4.78, 5) is 0. The van der Waals surface area contributed by atoms with Crippen molar-refractivity contribution >= 4 is 11.6 Å². The van der Waals surface area contributed by atoms with Gasteiger partial charge in [-0.25, -0.2) is 0 Å². The van der Waals surface area contributed by atoms with E-state index in [4.69, 9.17) is 4.74 Å². The molecule has 0 aliphatic carbocycles. The van der Waals surface area contributed by atoms with Crippen LogP contribution in [-0.4, -0.2) is 14.8 Å². The highest BCUT2D eigenvalue weighted by atomic mass is 16.5. The summed E-state index contributed by atoms with van der Waals surface area (Å²) < 4.78 is 7.98. The molecule has 2 heterocycles. The number of hydrogen-bond acceptors (Lipinski definition) is 4. The van der Waals surface area contributed by atoms with E-state index in [2.05, 4.69) is 20.8 Å². The van der Waals surface area contributed by atoms with E-state index in [0.717, 1.165) is 48.7 Å². The number of allylic oxidation sites excluding steroid dienone is 1. The van der Waals surface area contributed by atoms with Gasteiger partial charge in [-0.05, 0) is 48.7 Å². The van der Waals surface area contributed by atoms with Gasteiger partial charge in [-0.15, -0.1) is 10.2 Å². The van der Waals surface area contributed by atoms with Crippen LogP contribution in [0.3, 0.4) is 0 Å². The summed E-state index contributed by atoms with van der Waals surface area (Å²) in [5.74, 6) is 3.14. The van der Waals surface area contributed by atoms with Crippen molar-refractivity contribution in [1.82, 2.24) is 14.8 Å². The fourth-order valence-corrected chi connectivity index (χ4v) is 3.29. The van der Waals surface area contributed by atoms with E-state index in [1.54, 1.807) is 0 Å². The Bertz CT molecular complexity index is 999.